The van der Waals surface area contributed by atoms with Gasteiger partial charge in [-0.05, 0) is 12.1 Å². The van der Waals surface area contributed by atoms with E-state index in [1.54, 1.807) is 18.2 Å². The number of thioether (sulfide) groups is 1. The van der Waals surface area contributed by atoms with Crippen molar-refractivity contribution in [2.24, 2.45) is 0 Å². The summed E-state index contributed by atoms with van der Waals surface area (Å²) in [5.74, 6) is 1.45. The first-order valence-electron chi connectivity index (χ1n) is 6.18. The first-order chi connectivity index (χ1) is 9.63. The zero-order valence-corrected chi connectivity index (χ0v) is 11.6. The molecule has 0 spiro atoms. The number of aromatic nitrogens is 2. The Morgan fingerprint density at radius 3 is 3.10 bits per heavy atom. The second kappa shape index (κ2) is 5.13. The van der Waals surface area contributed by atoms with Crippen LogP contribution in [0.4, 0.5) is 0 Å². The van der Waals surface area contributed by atoms with Crippen LogP contribution in [0.15, 0.2) is 34.0 Å². The van der Waals surface area contributed by atoms with E-state index in [1.165, 1.54) is 18.7 Å². The molecule has 0 atom stereocenters. The number of aryl methyl sites for hydroxylation is 1. The van der Waals surface area contributed by atoms with Crippen molar-refractivity contribution in [3.63, 3.8) is 0 Å². The average Bonchev–Trinajstić information content (AvgIpc) is 2.87. The Bertz CT molecular complexity index is 739. The molecule has 0 aliphatic carbocycles. The summed E-state index contributed by atoms with van der Waals surface area (Å²) in [4.78, 5) is 30.9. The summed E-state index contributed by atoms with van der Waals surface area (Å²) >= 11 is 1.53. The van der Waals surface area contributed by atoms with Gasteiger partial charge in [0, 0.05) is 24.7 Å². The summed E-state index contributed by atoms with van der Waals surface area (Å²) < 4.78 is 5.04. The van der Waals surface area contributed by atoms with Crippen LogP contribution in [0, 0.1) is 0 Å². The first kappa shape index (κ1) is 12.9. The summed E-state index contributed by atoms with van der Waals surface area (Å²) in [7, 11) is 0. The lowest BCUT2D eigenvalue weighted by Crippen LogP contribution is -2.12. The summed E-state index contributed by atoms with van der Waals surface area (Å²) in [6.07, 6.45) is 0.806. The van der Waals surface area contributed by atoms with Crippen molar-refractivity contribution < 1.29 is 9.53 Å². The van der Waals surface area contributed by atoms with E-state index in [1.807, 2.05) is 6.07 Å². The molecule has 1 aromatic heterocycles. The molecule has 1 aliphatic heterocycles. The van der Waals surface area contributed by atoms with Gasteiger partial charge in [-0.2, -0.15) is 0 Å². The van der Waals surface area contributed by atoms with Crippen LogP contribution in [-0.2, 0) is 11.2 Å². The van der Waals surface area contributed by atoms with E-state index in [9.17, 15) is 9.59 Å². The maximum absolute atomic E-state index is 12.0. The minimum absolute atomic E-state index is 0.106. The fraction of sp³-hybridized carbons (Fsp3) is 0.214. The molecule has 2 aromatic rings. The topological polar surface area (TPSA) is 72.0 Å². The Morgan fingerprint density at radius 2 is 2.30 bits per heavy atom. The molecule has 0 unspecified atom stereocenters. The minimum Gasteiger partial charge on any atom is -0.427 e. The van der Waals surface area contributed by atoms with E-state index in [2.05, 4.69) is 9.97 Å². The van der Waals surface area contributed by atoms with Crippen LogP contribution in [0.3, 0.4) is 0 Å². The maximum atomic E-state index is 12.0. The van der Waals surface area contributed by atoms with Crippen molar-refractivity contribution in [2.45, 2.75) is 18.2 Å². The lowest BCUT2D eigenvalue weighted by atomic mass is 10.2. The van der Waals surface area contributed by atoms with Crippen LogP contribution in [0.25, 0.3) is 11.4 Å². The van der Waals surface area contributed by atoms with Crippen LogP contribution >= 0.6 is 11.8 Å². The van der Waals surface area contributed by atoms with Crippen molar-refractivity contribution in [2.75, 3.05) is 5.75 Å². The molecule has 0 amide bonds. The molecule has 1 aliphatic rings. The van der Waals surface area contributed by atoms with Crippen molar-refractivity contribution in [3.05, 3.63) is 40.3 Å². The summed E-state index contributed by atoms with van der Waals surface area (Å²) in [6, 6.07) is 6.95. The summed E-state index contributed by atoms with van der Waals surface area (Å²) in [6.45, 7) is 1.35. The van der Waals surface area contributed by atoms with Crippen molar-refractivity contribution >= 4 is 17.7 Å². The number of hydrogen-bond donors (Lipinski definition) is 1. The molecule has 0 radical (unpaired) electrons. The fourth-order valence-electron chi connectivity index (χ4n) is 2.09. The molecule has 2 heterocycles. The zero-order valence-electron chi connectivity index (χ0n) is 10.8. The fourth-order valence-corrected chi connectivity index (χ4v) is 3.08. The third kappa shape index (κ3) is 2.46. The third-order valence-corrected chi connectivity index (χ3v) is 4.02. The second-order valence-corrected chi connectivity index (χ2v) is 5.52. The van der Waals surface area contributed by atoms with Crippen molar-refractivity contribution in [1.82, 2.24) is 9.97 Å². The molecule has 0 saturated carbocycles. The van der Waals surface area contributed by atoms with Gasteiger partial charge in [0.1, 0.15) is 11.6 Å². The zero-order chi connectivity index (χ0) is 14.1. The summed E-state index contributed by atoms with van der Waals surface area (Å²) in [5, 5.41) is 0. The van der Waals surface area contributed by atoms with Crippen LogP contribution in [-0.4, -0.2) is 21.7 Å². The largest absolute Gasteiger partial charge is 0.427 e. The monoisotopic (exact) mass is 288 g/mol. The Morgan fingerprint density at radius 1 is 1.45 bits per heavy atom. The average molecular weight is 288 g/mol. The standard InChI is InChI=1S/C14H12N2O3S/c1-8(17)19-10-4-2-3-9(7-10)13-15-11-5-6-20-12(11)14(18)16-13/h2-4,7H,5-6H2,1H3,(H,15,16,18). The number of hydrogen-bond acceptors (Lipinski definition) is 5. The quantitative estimate of drug-likeness (QED) is 0.676. The molecule has 5 nitrogen and oxygen atoms in total. The Balaban J connectivity index is 2.03. The van der Waals surface area contributed by atoms with Crippen molar-refractivity contribution in [1.29, 1.82) is 0 Å². The number of nitrogens with one attached hydrogen (secondary N) is 1. The van der Waals surface area contributed by atoms with Crippen LogP contribution in [0.2, 0.25) is 0 Å². The van der Waals surface area contributed by atoms with Gasteiger partial charge in [-0.3, -0.25) is 9.59 Å². The molecule has 6 heteroatoms. The molecule has 1 aromatic carbocycles. The smallest absolute Gasteiger partial charge is 0.308 e. The molecule has 1 N–H and O–H groups in total. The number of H-pyrrole nitrogens is 1. The molecular formula is C14H12N2O3S. The molecule has 0 fully saturated rings. The molecule has 20 heavy (non-hydrogen) atoms. The van der Waals surface area contributed by atoms with Gasteiger partial charge >= 0.3 is 5.97 Å². The number of aromatic amines is 1. The normalized spacial score (nSPS) is 13.1. The number of benzene rings is 1. The highest BCUT2D eigenvalue weighted by atomic mass is 32.2. The number of ether oxygens (including phenoxy) is 1. The van der Waals surface area contributed by atoms with Gasteiger partial charge in [-0.25, -0.2) is 4.98 Å². The highest BCUT2D eigenvalue weighted by Crippen LogP contribution is 2.28. The van der Waals surface area contributed by atoms with Crippen molar-refractivity contribution in [3.8, 4) is 17.1 Å². The molecule has 3 rings (SSSR count). The van der Waals surface area contributed by atoms with Gasteiger partial charge in [0.15, 0.2) is 0 Å². The molecule has 0 saturated heterocycles. The Kier molecular flexibility index (Phi) is 3.31. The Labute approximate surface area is 119 Å². The van der Waals surface area contributed by atoms with Gasteiger partial charge in [0.05, 0.1) is 10.6 Å². The SMILES string of the molecule is CC(=O)Oc1cccc(-c2nc3c(c(=O)[nH]2)SCC3)c1. The van der Waals surface area contributed by atoms with E-state index in [0.29, 0.717) is 16.5 Å². The Hall–Kier alpha value is -2.08. The van der Waals surface area contributed by atoms with E-state index < -0.39 is 0 Å². The highest BCUT2D eigenvalue weighted by Gasteiger charge is 2.18. The number of carbonyl (C=O) groups is 1. The van der Waals surface area contributed by atoms with Crippen LogP contribution in [0.1, 0.15) is 12.6 Å². The molecule has 0 bridgehead atoms. The number of rotatable bonds is 2. The van der Waals surface area contributed by atoms with E-state index in [0.717, 1.165) is 23.4 Å². The van der Waals surface area contributed by atoms with E-state index in [-0.39, 0.29) is 11.5 Å². The van der Waals surface area contributed by atoms with Gasteiger partial charge < -0.3 is 9.72 Å². The minimum atomic E-state index is -0.381. The second-order valence-electron chi connectivity index (χ2n) is 4.41. The van der Waals surface area contributed by atoms with E-state index >= 15 is 0 Å². The predicted octanol–water partition coefficient (Wildman–Crippen LogP) is 2.01. The first-order valence-corrected chi connectivity index (χ1v) is 7.17. The van der Waals surface area contributed by atoms with Gasteiger partial charge in [-0.15, -0.1) is 11.8 Å². The van der Waals surface area contributed by atoms with Gasteiger partial charge in [0.25, 0.3) is 5.56 Å². The number of esters is 1. The van der Waals surface area contributed by atoms with Gasteiger partial charge in [-0.1, -0.05) is 12.1 Å². The third-order valence-electron chi connectivity index (χ3n) is 2.90. The maximum Gasteiger partial charge on any atom is 0.308 e. The lowest BCUT2D eigenvalue weighted by Gasteiger charge is -2.06. The van der Waals surface area contributed by atoms with E-state index in [4.69, 9.17) is 4.74 Å². The highest BCUT2D eigenvalue weighted by molar-refractivity contribution is 7.99. The predicted molar refractivity (Wildman–Crippen MR) is 76.0 cm³/mol. The number of carbonyl (C=O) groups excluding carboxylic acids is 1. The number of nitrogens with zero attached hydrogens (tertiary/aromatic N) is 1. The molecular weight excluding hydrogens is 276 g/mol. The molecule has 102 valence electrons. The number of fused-ring (bicyclic) bond motifs is 1. The van der Waals surface area contributed by atoms with Crippen LogP contribution < -0.4 is 10.3 Å². The lowest BCUT2D eigenvalue weighted by molar-refractivity contribution is -0.131. The summed E-state index contributed by atoms with van der Waals surface area (Å²) in [5.41, 5.74) is 1.46. The van der Waals surface area contributed by atoms with Crippen LogP contribution in [0.5, 0.6) is 5.75 Å². The van der Waals surface area contributed by atoms with Gasteiger partial charge in [0.2, 0.25) is 0 Å².